The van der Waals surface area contributed by atoms with Crippen molar-refractivity contribution in [3.05, 3.63) is 45.8 Å². The summed E-state index contributed by atoms with van der Waals surface area (Å²) < 4.78 is 6.70. The van der Waals surface area contributed by atoms with Crippen molar-refractivity contribution in [2.75, 3.05) is 17.7 Å². The zero-order chi connectivity index (χ0) is 21.0. The van der Waals surface area contributed by atoms with Crippen LogP contribution in [0.2, 0.25) is 0 Å². The molecule has 29 heavy (non-hydrogen) atoms. The molecular formula is C19H21N5O3S2. The number of carbonyl (C=O) groups excluding carboxylic acids is 2. The molecular weight excluding hydrogens is 410 g/mol. The number of aromatic nitrogens is 4. The average Bonchev–Trinajstić information content (AvgIpc) is 3.25. The summed E-state index contributed by atoms with van der Waals surface area (Å²) in [6, 6.07) is 7.77. The molecule has 1 aromatic carbocycles. The van der Waals surface area contributed by atoms with Crippen LogP contribution in [0.25, 0.3) is 5.69 Å². The van der Waals surface area contributed by atoms with Gasteiger partial charge in [-0.2, -0.15) is 4.68 Å². The molecule has 0 unspecified atom stereocenters. The van der Waals surface area contributed by atoms with Crippen LogP contribution < -0.4 is 5.32 Å². The highest BCUT2D eigenvalue weighted by Gasteiger charge is 2.22. The number of rotatable bonds is 7. The fraction of sp³-hybridized carbons (Fsp3) is 0.316. The van der Waals surface area contributed by atoms with E-state index in [1.54, 1.807) is 11.6 Å². The fourth-order valence-electron chi connectivity index (χ4n) is 2.57. The molecule has 0 saturated heterocycles. The summed E-state index contributed by atoms with van der Waals surface area (Å²) in [4.78, 5) is 25.7. The Balaban J connectivity index is 1.69. The van der Waals surface area contributed by atoms with Crippen LogP contribution >= 0.6 is 23.1 Å². The van der Waals surface area contributed by atoms with Gasteiger partial charge in [0.1, 0.15) is 5.00 Å². The Labute approximate surface area is 176 Å². The van der Waals surface area contributed by atoms with Gasteiger partial charge in [-0.1, -0.05) is 29.5 Å². The van der Waals surface area contributed by atoms with Gasteiger partial charge in [0.15, 0.2) is 0 Å². The molecule has 2 aromatic heterocycles. The molecule has 0 bridgehead atoms. The lowest BCUT2D eigenvalue weighted by Gasteiger charge is -2.07. The minimum Gasteiger partial charge on any atom is -0.462 e. The zero-order valence-electron chi connectivity index (χ0n) is 16.6. The van der Waals surface area contributed by atoms with E-state index in [0.717, 1.165) is 21.7 Å². The summed E-state index contributed by atoms with van der Waals surface area (Å²) in [7, 11) is 0. The number of nitrogens with zero attached hydrogens (tertiary/aromatic N) is 4. The number of thioether (sulfide) groups is 1. The monoisotopic (exact) mass is 431 g/mol. The lowest BCUT2D eigenvalue weighted by molar-refractivity contribution is -0.113. The van der Waals surface area contributed by atoms with E-state index >= 15 is 0 Å². The topological polar surface area (TPSA) is 99.0 Å². The van der Waals surface area contributed by atoms with Gasteiger partial charge in [0.05, 0.1) is 23.6 Å². The summed E-state index contributed by atoms with van der Waals surface area (Å²) in [6.45, 7) is 7.78. The van der Waals surface area contributed by atoms with E-state index in [9.17, 15) is 9.59 Å². The first-order chi connectivity index (χ1) is 13.9. The first-order valence-corrected chi connectivity index (χ1v) is 10.8. The lowest BCUT2D eigenvalue weighted by Crippen LogP contribution is -2.16. The second-order valence-electron chi connectivity index (χ2n) is 6.25. The van der Waals surface area contributed by atoms with Crippen molar-refractivity contribution in [3.63, 3.8) is 0 Å². The SMILES string of the molecule is CCOC(=O)c1c(NC(=O)CSc2nnnn2-c2ccc(C)cc2)sc(C)c1C. The molecule has 0 atom stereocenters. The van der Waals surface area contributed by atoms with Crippen LogP contribution in [0.4, 0.5) is 5.00 Å². The number of tetrazole rings is 1. The molecule has 3 rings (SSSR count). The summed E-state index contributed by atoms with van der Waals surface area (Å²) in [5.74, 6) is -0.578. The Hall–Kier alpha value is -2.72. The third-order valence-electron chi connectivity index (χ3n) is 4.17. The van der Waals surface area contributed by atoms with E-state index in [1.165, 1.54) is 23.1 Å². The minimum atomic E-state index is -0.430. The molecule has 0 radical (unpaired) electrons. The van der Waals surface area contributed by atoms with E-state index in [2.05, 4.69) is 20.8 Å². The van der Waals surface area contributed by atoms with Crippen molar-refractivity contribution in [2.45, 2.75) is 32.9 Å². The highest BCUT2D eigenvalue weighted by atomic mass is 32.2. The first kappa shape index (κ1) is 21.0. The van der Waals surface area contributed by atoms with Crippen LogP contribution in [0.15, 0.2) is 29.4 Å². The smallest absolute Gasteiger partial charge is 0.341 e. The highest BCUT2D eigenvalue weighted by Crippen LogP contribution is 2.33. The van der Waals surface area contributed by atoms with Crippen LogP contribution in [0, 0.1) is 20.8 Å². The normalized spacial score (nSPS) is 10.8. The van der Waals surface area contributed by atoms with Crippen molar-refractivity contribution in [3.8, 4) is 5.69 Å². The van der Waals surface area contributed by atoms with Crippen molar-refractivity contribution >= 4 is 40.0 Å². The predicted molar refractivity (Wildman–Crippen MR) is 113 cm³/mol. The third-order valence-corrected chi connectivity index (χ3v) is 6.21. The maximum absolute atomic E-state index is 12.5. The summed E-state index contributed by atoms with van der Waals surface area (Å²) in [5.41, 5.74) is 3.18. The Morgan fingerprint density at radius 1 is 1.21 bits per heavy atom. The van der Waals surface area contributed by atoms with E-state index in [1.807, 2.05) is 45.0 Å². The number of anilines is 1. The molecule has 0 aliphatic carbocycles. The van der Waals surface area contributed by atoms with Crippen LogP contribution in [-0.4, -0.2) is 44.4 Å². The number of benzene rings is 1. The number of nitrogens with one attached hydrogen (secondary N) is 1. The number of ether oxygens (including phenoxy) is 1. The second kappa shape index (κ2) is 9.19. The maximum Gasteiger partial charge on any atom is 0.341 e. The quantitative estimate of drug-likeness (QED) is 0.451. The summed E-state index contributed by atoms with van der Waals surface area (Å²) in [5, 5.41) is 15.5. The van der Waals surface area contributed by atoms with E-state index in [0.29, 0.717) is 15.7 Å². The molecule has 0 spiro atoms. The number of carbonyl (C=O) groups is 2. The Morgan fingerprint density at radius 3 is 2.62 bits per heavy atom. The van der Waals surface area contributed by atoms with Crippen LogP contribution in [0.3, 0.4) is 0 Å². The van der Waals surface area contributed by atoms with Gasteiger partial charge >= 0.3 is 5.97 Å². The van der Waals surface area contributed by atoms with Gasteiger partial charge in [0.25, 0.3) is 0 Å². The predicted octanol–water partition coefficient (Wildman–Crippen LogP) is 3.56. The molecule has 2 heterocycles. The zero-order valence-corrected chi connectivity index (χ0v) is 18.2. The van der Waals surface area contributed by atoms with Gasteiger partial charge in [-0.15, -0.1) is 16.4 Å². The Bertz CT molecular complexity index is 1030. The lowest BCUT2D eigenvalue weighted by atomic mass is 10.1. The van der Waals surface area contributed by atoms with Crippen LogP contribution in [0.1, 0.15) is 33.3 Å². The van der Waals surface area contributed by atoms with E-state index in [4.69, 9.17) is 4.74 Å². The minimum absolute atomic E-state index is 0.102. The van der Waals surface area contributed by atoms with Crippen molar-refractivity contribution in [2.24, 2.45) is 0 Å². The largest absolute Gasteiger partial charge is 0.462 e. The highest BCUT2D eigenvalue weighted by molar-refractivity contribution is 7.99. The molecule has 3 aromatic rings. The molecule has 0 saturated carbocycles. The second-order valence-corrected chi connectivity index (χ2v) is 8.42. The van der Waals surface area contributed by atoms with Gasteiger partial charge in [0, 0.05) is 4.88 Å². The van der Waals surface area contributed by atoms with Gasteiger partial charge in [0.2, 0.25) is 11.1 Å². The number of thiophene rings is 1. The van der Waals surface area contributed by atoms with E-state index < -0.39 is 5.97 Å². The Kier molecular flexibility index (Phi) is 6.65. The molecule has 0 aliphatic heterocycles. The number of hydrogen-bond donors (Lipinski definition) is 1. The van der Waals surface area contributed by atoms with Crippen molar-refractivity contribution < 1.29 is 14.3 Å². The van der Waals surface area contributed by atoms with Crippen molar-refractivity contribution in [1.29, 1.82) is 0 Å². The van der Waals surface area contributed by atoms with Gasteiger partial charge in [-0.25, -0.2) is 4.79 Å². The van der Waals surface area contributed by atoms with Crippen LogP contribution in [-0.2, 0) is 9.53 Å². The molecule has 10 heteroatoms. The number of amides is 1. The van der Waals surface area contributed by atoms with Crippen LogP contribution in [0.5, 0.6) is 0 Å². The van der Waals surface area contributed by atoms with Gasteiger partial charge in [-0.3, -0.25) is 4.79 Å². The molecule has 152 valence electrons. The number of esters is 1. The Morgan fingerprint density at radius 2 is 1.93 bits per heavy atom. The molecule has 1 amide bonds. The number of aryl methyl sites for hydroxylation is 2. The third kappa shape index (κ3) is 4.83. The molecule has 1 N–H and O–H groups in total. The van der Waals surface area contributed by atoms with Crippen molar-refractivity contribution in [1.82, 2.24) is 20.2 Å². The number of hydrogen-bond acceptors (Lipinski definition) is 8. The maximum atomic E-state index is 12.5. The van der Waals surface area contributed by atoms with E-state index in [-0.39, 0.29) is 18.3 Å². The first-order valence-electron chi connectivity index (χ1n) is 8.95. The molecule has 8 nitrogen and oxygen atoms in total. The summed E-state index contributed by atoms with van der Waals surface area (Å²) >= 11 is 2.58. The fourth-order valence-corrected chi connectivity index (χ4v) is 4.33. The average molecular weight is 432 g/mol. The standard InChI is InChI=1S/C19H21N5O3S2/c1-5-27-18(26)16-12(3)13(4)29-17(16)20-15(25)10-28-19-21-22-23-24(19)14-8-6-11(2)7-9-14/h6-9H,5,10H2,1-4H3,(H,20,25). The molecule has 0 fully saturated rings. The summed E-state index contributed by atoms with van der Waals surface area (Å²) in [6.07, 6.45) is 0. The van der Waals surface area contributed by atoms with Gasteiger partial charge < -0.3 is 10.1 Å². The van der Waals surface area contributed by atoms with Gasteiger partial charge in [-0.05, 0) is 55.8 Å². The molecule has 0 aliphatic rings.